The maximum atomic E-state index is 9.09. The molecule has 0 saturated heterocycles. The van der Waals surface area contributed by atoms with Gasteiger partial charge in [0.1, 0.15) is 16.5 Å². The average Bonchev–Trinajstić information content (AvgIpc) is 2.41. The van der Waals surface area contributed by atoms with E-state index in [4.69, 9.17) is 39.4 Å². The third-order valence-corrected chi connectivity index (χ3v) is 2.97. The molecule has 0 atom stereocenters. The Kier molecular flexibility index (Phi) is 4.37. The predicted octanol–water partition coefficient (Wildman–Crippen LogP) is 3.26. The second-order valence-corrected chi connectivity index (χ2v) is 4.79. The highest BCUT2D eigenvalue weighted by Gasteiger charge is 2.08. The van der Waals surface area contributed by atoms with E-state index in [2.05, 4.69) is 0 Å². The van der Waals surface area contributed by atoms with E-state index < -0.39 is 0 Å². The van der Waals surface area contributed by atoms with Gasteiger partial charge in [-0.2, -0.15) is 0 Å². The molecule has 0 aliphatic carbocycles. The Balaban J connectivity index is 2.34. The van der Waals surface area contributed by atoms with Gasteiger partial charge in [0.2, 0.25) is 0 Å². The van der Waals surface area contributed by atoms with Crippen molar-refractivity contribution in [3.05, 3.63) is 58.6 Å². The third-order valence-electron chi connectivity index (χ3n) is 2.52. The summed E-state index contributed by atoms with van der Waals surface area (Å²) in [5.74, 6) is 1.14. The molecule has 0 unspecified atom stereocenters. The molecule has 0 heterocycles. The molecule has 0 spiro atoms. The van der Waals surface area contributed by atoms with Crippen molar-refractivity contribution in [3.8, 4) is 11.5 Å². The van der Waals surface area contributed by atoms with Crippen molar-refractivity contribution >= 4 is 28.8 Å². The molecule has 0 radical (unpaired) electrons. The first-order valence-corrected chi connectivity index (χ1v) is 6.36. The first-order valence-electron chi connectivity index (χ1n) is 5.57. The zero-order valence-electron chi connectivity index (χ0n) is 9.97. The van der Waals surface area contributed by atoms with Crippen molar-refractivity contribution in [1.29, 1.82) is 0 Å². The fraction of sp³-hybridized carbons (Fsp3) is 0.0714. The van der Waals surface area contributed by atoms with E-state index in [0.29, 0.717) is 22.1 Å². The average molecular weight is 294 g/mol. The van der Waals surface area contributed by atoms with Gasteiger partial charge >= 0.3 is 0 Å². The lowest BCUT2D eigenvalue weighted by Crippen LogP contribution is -2.10. The molecule has 2 aromatic carbocycles. The lowest BCUT2D eigenvalue weighted by Gasteiger charge is -2.11. The highest BCUT2D eigenvalue weighted by molar-refractivity contribution is 7.80. The van der Waals surface area contributed by atoms with E-state index in [9.17, 15) is 0 Å². The molecule has 0 fully saturated rings. The number of nitrogens with two attached hydrogens (primary N) is 1. The first-order chi connectivity index (χ1) is 9.10. The molecular formula is C14H12ClNO2S. The molecule has 5 heteroatoms. The third kappa shape index (κ3) is 3.44. The number of rotatable bonds is 4. The van der Waals surface area contributed by atoms with Crippen LogP contribution in [0.4, 0.5) is 0 Å². The van der Waals surface area contributed by atoms with Gasteiger partial charge in [0.05, 0.1) is 12.2 Å². The van der Waals surface area contributed by atoms with Crippen LogP contribution >= 0.6 is 23.8 Å². The molecular weight excluding hydrogens is 282 g/mol. The Morgan fingerprint density at radius 2 is 2.05 bits per heavy atom. The van der Waals surface area contributed by atoms with E-state index in [1.54, 1.807) is 36.4 Å². The number of benzene rings is 2. The van der Waals surface area contributed by atoms with E-state index in [-0.39, 0.29) is 11.6 Å². The van der Waals surface area contributed by atoms with Crippen LogP contribution in [0.2, 0.25) is 5.02 Å². The van der Waals surface area contributed by atoms with Crippen molar-refractivity contribution in [1.82, 2.24) is 0 Å². The molecule has 2 rings (SSSR count). The summed E-state index contributed by atoms with van der Waals surface area (Å²) in [7, 11) is 0. The van der Waals surface area contributed by atoms with Crippen LogP contribution in [0.3, 0.4) is 0 Å². The fourth-order valence-corrected chi connectivity index (χ4v) is 1.95. The maximum Gasteiger partial charge on any atom is 0.137 e. The van der Waals surface area contributed by atoms with Gasteiger partial charge in [0, 0.05) is 5.02 Å². The summed E-state index contributed by atoms with van der Waals surface area (Å²) in [5.41, 5.74) is 6.99. The number of halogens is 1. The van der Waals surface area contributed by atoms with Crippen molar-refractivity contribution in [2.75, 3.05) is 0 Å². The Hall–Kier alpha value is -1.62. The van der Waals surface area contributed by atoms with Gasteiger partial charge < -0.3 is 15.6 Å². The lowest BCUT2D eigenvalue weighted by molar-refractivity contribution is 0.281. The largest absolute Gasteiger partial charge is 0.457 e. The van der Waals surface area contributed by atoms with Gasteiger partial charge in [-0.15, -0.1) is 0 Å². The standard InChI is InChI=1S/C14H12ClNO2S/c15-10-4-5-13(12(7-10)14(16)19)18-11-3-1-2-9(6-11)8-17/h1-7,17H,8H2,(H2,16,19). The second kappa shape index (κ2) is 6.02. The van der Waals surface area contributed by atoms with Gasteiger partial charge in [-0.1, -0.05) is 36.0 Å². The van der Waals surface area contributed by atoms with Crippen molar-refractivity contribution in [2.24, 2.45) is 5.73 Å². The van der Waals surface area contributed by atoms with Crippen LogP contribution in [0.5, 0.6) is 11.5 Å². The van der Waals surface area contributed by atoms with Crippen molar-refractivity contribution in [2.45, 2.75) is 6.61 Å². The number of hydrogen-bond acceptors (Lipinski definition) is 3. The number of aliphatic hydroxyl groups excluding tert-OH is 1. The molecule has 0 aliphatic heterocycles. The molecule has 19 heavy (non-hydrogen) atoms. The molecule has 0 bridgehead atoms. The van der Waals surface area contributed by atoms with Gasteiger partial charge in [-0.25, -0.2) is 0 Å². The Labute approximate surface area is 121 Å². The molecule has 0 amide bonds. The first kappa shape index (κ1) is 13.8. The van der Waals surface area contributed by atoms with Crippen LogP contribution in [-0.4, -0.2) is 10.1 Å². The number of hydrogen-bond donors (Lipinski definition) is 2. The Morgan fingerprint density at radius 1 is 1.26 bits per heavy atom. The van der Waals surface area contributed by atoms with E-state index in [0.717, 1.165) is 5.56 Å². The SMILES string of the molecule is NC(=S)c1cc(Cl)ccc1Oc1cccc(CO)c1. The monoisotopic (exact) mass is 293 g/mol. The van der Waals surface area contributed by atoms with Crippen LogP contribution in [0.15, 0.2) is 42.5 Å². The maximum absolute atomic E-state index is 9.09. The second-order valence-electron chi connectivity index (χ2n) is 3.91. The van der Waals surface area contributed by atoms with Gasteiger partial charge in [-0.3, -0.25) is 0 Å². The fourth-order valence-electron chi connectivity index (χ4n) is 1.62. The number of ether oxygens (including phenoxy) is 1. The van der Waals surface area contributed by atoms with Crippen molar-refractivity contribution in [3.63, 3.8) is 0 Å². The topological polar surface area (TPSA) is 55.5 Å². The van der Waals surface area contributed by atoms with Gasteiger partial charge in [-0.05, 0) is 35.9 Å². The summed E-state index contributed by atoms with van der Waals surface area (Å²) in [4.78, 5) is 0.218. The lowest BCUT2D eigenvalue weighted by atomic mass is 10.2. The Morgan fingerprint density at radius 3 is 2.74 bits per heavy atom. The van der Waals surface area contributed by atoms with E-state index in [1.807, 2.05) is 6.07 Å². The molecule has 0 saturated carbocycles. The molecule has 3 N–H and O–H groups in total. The van der Waals surface area contributed by atoms with Gasteiger partial charge in [0.25, 0.3) is 0 Å². The minimum atomic E-state index is -0.0417. The minimum absolute atomic E-state index is 0.0417. The summed E-state index contributed by atoms with van der Waals surface area (Å²) < 4.78 is 5.73. The summed E-state index contributed by atoms with van der Waals surface area (Å²) >= 11 is 10.9. The zero-order valence-corrected chi connectivity index (χ0v) is 11.5. The number of thiocarbonyl (C=S) groups is 1. The summed E-state index contributed by atoms with van der Waals surface area (Å²) in [6.45, 7) is -0.0417. The predicted molar refractivity (Wildman–Crippen MR) is 79.8 cm³/mol. The zero-order chi connectivity index (χ0) is 13.8. The quantitative estimate of drug-likeness (QED) is 0.850. The smallest absolute Gasteiger partial charge is 0.137 e. The normalized spacial score (nSPS) is 10.2. The van der Waals surface area contributed by atoms with Crippen LogP contribution < -0.4 is 10.5 Å². The highest BCUT2D eigenvalue weighted by Crippen LogP contribution is 2.28. The molecule has 0 aromatic heterocycles. The molecule has 98 valence electrons. The van der Waals surface area contributed by atoms with Crippen LogP contribution in [0.1, 0.15) is 11.1 Å². The molecule has 3 nitrogen and oxygen atoms in total. The molecule has 2 aromatic rings. The van der Waals surface area contributed by atoms with Crippen molar-refractivity contribution < 1.29 is 9.84 Å². The summed E-state index contributed by atoms with van der Waals surface area (Å²) in [5, 5.41) is 9.63. The van der Waals surface area contributed by atoms with Crippen LogP contribution in [0, 0.1) is 0 Å². The number of aliphatic hydroxyl groups is 1. The summed E-state index contributed by atoms with van der Waals surface area (Å²) in [6, 6.07) is 12.2. The Bertz CT molecular complexity index is 616. The minimum Gasteiger partial charge on any atom is -0.457 e. The highest BCUT2D eigenvalue weighted by atomic mass is 35.5. The van der Waals surface area contributed by atoms with E-state index in [1.165, 1.54) is 0 Å². The van der Waals surface area contributed by atoms with Gasteiger partial charge in [0.15, 0.2) is 0 Å². The summed E-state index contributed by atoms with van der Waals surface area (Å²) in [6.07, 6.45) is 0. The molecule has 0 aliphatic rings. The van der Waals surface area contributed by atoms with Crippen LogP contribution in [-0.2, 0) is 6.61 Å². The van der Waals surface area contributed by atoms with E-state index >= 15 is 0 Å². The van der Waals surface area contributed by atoms with Crippen LogP contribution in [0.25, 0.3) is 0 Å².